The molecule has 0 radical (unpaired) electrons. The zero-order valence-electron chi connectivity index (χ0n) is 15.5. The van der Waals surface area contributed by atoms with Crippen molar-refractivity contribution in [1.82, 2.24) is 9.29 Å². The third-order valence-electron chi connectivity index (χ3n) is 4.87. The summed E-state index contributed by atoms with van der Waals surface area (Å²) in [7, 11) is -3.72. The summed E-state index contributed by atoms with van der Waals surface area (Å²) >= 11 is 1.56. The van der Waals surface area contributed by atoms with E-state index in [9.17, 15) is 13.2 Å². The zero-order valence-corrected chi connectivity index (χ0v) is 17.1. The van der Waals surface area contributed by atoms with E-state index >= 15 is 0 Å². The second-order valence-corrected chi connectivity index (χ2v) is 9.97. The van der Waals surface area contributed by atoms with Crippen LogP contribution in [0.2, 0.25) is 0 Å². The number of nitrogens with one attached hydrogen (secondary N) is 1. The van der Waals surface area contributed by atoms with Gasteiger partial charge < -0.3 is 5.32 Å². The van der Waals surface area contributed by atoms with Crippen LogP contribution in [-0.2, 0) is 14.8 Å². The van der Waals surface area contributed by atoms with Gasteiger partial charge in [0, 0.05) is 12.2 Å². The van der Waals surface area contributed by atoms with Crippen molar-refractivity contribution in [3.63, 3.8) is 0 Å². The first kappa shape index (κ1) is 19.0. The summed E-state index contributed by atoms with van der Waals surface area (Å²) in [5.74, 6) is -0.292. The van der Waals surface area contributed by atoms with Crippen LogP contribution in [0.3, 0.4) is 0 Å². The van der Waals surface area contributed by atoms with Gasteiger partial charge in [-0.1, -0.05) is 24.6 Å². The van der Waals surface area contributed by atoms with E-state index in [-0.39, 0.29) is 10.8 Å². The fraction of sp³-hybridized carbons (Fsp3) is 0.300. The van der Waals surface area contributed by atoms with Crippen molar-refractivity contribution >= 4 is 43.2 Å². The second kappa shape index (κ2) is 7.62. The first-order chi connectivity index (χ1) is 13.4. The Kier molecular flexibility index (Phi) is 5.18. The van der Waals surface area contributed by atoms with Crippen molar-refractivity contribution in [1.29, 1.82) is 0 Å². The highest BCUT2D eigenvalue weighted by Crippen LogP contribution is 2.28. The van der Waals surface area contributed by atoms with Crippen LogP contribution in [0.4, 0.5) is 5.69 Å². The molecule has 6 nitrogen and oxygen atoms in total. The lowest BCUT2D eigenvalue weighted by Crippen LogP contribution is -2.49. The van der Waals surface area contributed by atoms with Crippen molar-refractivity contribution < 1.29 is 13.2 Å². The number of hydrogen-bond donors (Lipinski definition) is 1. The summed E-state index contributed by atoms with van der Waals surface area (Å²) in [4.78, 5) is 17.6. The number of piperidine rings is 1. The molecule has 4 rings (SSSR count). The summed E-state index contributed by atoms with van der Waals surface area (Å²) in [6.07, 6.45) is 2.09. The monoisotopic (exact) mass is 415 g/mol. The molecule has 1 aliphatic rings. The SMILES string of the molecule is Cc1nc2ccc(NC(=O)C3CCCCN3S(=O)(=O)c3ccccc3)cc2s1. The normalized spacial score (nSPS) is 18.2. The lowest BCUT2D eigenvalue weighted by atomic mass is 10.0. The van der Waals surface area contributed by atoms with Crippen molar-refractivity contribution in [3.05, 3.63) is 53.5 Å². The Hall–Kier alpha value is -2.29. The number of nitrogens with zero attached hydrogens (tertiary/aromatic N) is 2. The fourth-order valence-electron chi connectivity index (χ4n) is 3.53. The highest BCUT2D eigenvalue weighted by Gasteiger charge is 2.37. The van der Waals surface area contributed by atoms with Crippen LogP contribution in [0.1, 0.15) is 24.3 Å². The Bertz CT molecular complexity index is 1110. The van der Waals surface area contributed by atoms with Crippen molar-refractivity contribution in [3.8, 4) is 0 Å². The van der Waals surface area contributed by atoms with Gasteiger partial charge >= 0.3 is 0 Å². The average Bonchev–Trinajstić information content (AvgIpc) is 3.08. The number of aryl methyl sites for hydroxylation is 1. The van der Waals surface area contributed by atoms with E-state index in [0.717, 1.165) is 28.1 Å². The number of aromatic nitrogens is 1. The Morgan fingerprint density at radius 1 is 1.18 bits per heavy atom. The summed E-state index contributed by atoms with van der Waals surface area (Å²) in [5.41, 5.74) is 1.55. The van der Waals surface area contributed by atoms with Gasteiger partial charge in [-0.25, -0.2) is 13.4 Å². The molecule has 146 valence electrons. The molecule has 28 heavy (non-hydrogen) atoms. The summed E-state index contributed by atoms with van der Waals surface area (Å²) < 4.78 is 28.5. The van der Waals surface area contributed by atoms with Crippen molar-refractivity contribution in [2.75, 3.05) is 11.9 Å². The number of sulfonamides is 1. The average molecular weight is 416 g/mol. The molecule has 1 atom stereocenters. The minimum absolute atomic E-state index is 0.219. The van der Waals surface area contributed by atoms with Crippen LogP contribution in [-0.4, -0.2) is 36.2 Å². The fourth-order valence-corrected chi connectivity index (χ4v) is 6.07. The van der Waals surface area contributed by atoms with Gasteiger partial charge in [0.15, 0.2) is 0 Å². The van der Waals surface area contributed by atoms with Gasteiger partial charge in [0.05, 0.1) is 20.1 Å². The third kappa shape index (κ3) is 3.67. The molecule has 1 aliphatic heterocycles. The molecule has 8 heteroatoms. The van der Waals surface area contributed by atoms with Crippen LogP contribution in [0.15, 0.2) is 53.4 Å². The maximum absolute atomic E-state index is 13.1. The van der Waals surface area contributed by atoms with Crippen molar-refractivity contribution in [2.24, 2.45) is 0 Å². The molecule has 1 saturated heterocycles. The topological polar surface area (TPSA) is 79.4 Å². The smallest absolute Gasteiger partial charge is 0.243 e. The predicted octanol–water partition coefficient (Wildman–Crippen LogP) is 3.79. The molecule has 1 unspecified atom stereocenters. The molecule has 1 aromatic heterocycles. The van der Waals surface area contributed by atoms with E-state index in [0.29, 0.717) is 18.7 Å². The van der Waals surface area contributed by atoms with Gasteiger partial charge in [-0.3, -0.25) is 4.79 Å². The minimum Gasteiger partial charge on any atom is -0.325 e. The molecule has 1 amide bonds. The Morgan fingerprint density at radius 3 is 2.75 bits per heavy atom. The van der Waals surface area contributed by atoms with E-state index < -0.39 is 16.1 Å². The first-order valence-electron chi connectivity index (χ1n) is 9.20. The van der Waals surface area contributed by atoms with E-state index in [2.05, 4.69) is 10.3 Å². The molecule has 0 bridgehead atoms. The molecule has 3 aromatic rings. The maximum Gasteiger partial charge on any atom is 0.243 e. The van der Waals surface area contributed by atoms with Gasteiger partial charge in [0.1, 0.15) is 6.04 Å². The first-order valence-corrected chi connectivity index (χ1v) is 11.5. The number of amides is 1. The van der Waals surface area contributed by atoms with Crippen LogP contribution < -0.4 is 5.32 Å². The van der Waals surface area contributed by atoms with Crippen LogP contribution in [0.5, 0.6) is 0 Å². The summed E-state index contributed by atoms with van der Waals surface area (Å²) in [6.45, 7) is 2.29. The van der Waals surface area contributed by atoms with Crippen LogP contribution in [0, 0.1) is 6.92 Å². The summed E-state index contributed by atoms with van der Waals surface area (Å²) in [6, 6.07) is 13.1. The Morgan fingerprint density at radius 2 is 1.96 bits per heavy atom. The molecular weight excluding hydrogens is 394 g/mol. The number of carbonyl (C=O) groups is 1. The Labute approximate surface area is 168 Å². The predicted molar refractivity (Wildman–Crippen MR) is 111 cm³/mol. The third-order valence-corrected chi connectivity index (χ3v) is 7.73. The number of carbonyl (C=O) groups excluding carboxylic acids is 1. The van der Waals surface area contributed by atoms with Gasteiger partial charge in [-0.2, -0.15) is 4.31 Å². The number of benzene rings is 2. The molecule has 0 saturated carbocycles. The summed E-state index contributed by atoms with van der Waals surface area (Å²) in [5, 5.41) is 3.86. The minimum atomic E-state index is -3.72. The number of anilines is 1. The van der Waals surface area contributed by atoms with E-state index in [1.165, 1.54) is 4.31 Å². The van der Waals surface area contributed by atoms with Crippen LogP contribution >= 0.6 is 11.3 Å². The lowest BCUT2D eigenvalue weighted by molar-refractivity contribution is -0.120. The molecule has 1 fully saturated rings. The van der Waals surface area contributed by atoms with Gasteiger partial charge in [0.2, 0.25) is 15.9 Å². The number of hydrogen-bond acceptors (Lipinski definition) is 5. The van der Waals surface area contributed by atoms with Crippen molar-refractivity contribution in [2.45, 2.75) is 37.1 Å². The molecule has 0 spiro atoms. The number of rotatable bonds is 4. The standard InChI is InChI=1S/C20H21N3O3S2/c1-14-21-17-11-10-15(13-19(17)27-14)22-20(24)18-9-5-6-12-23(18)28(25,26)16-7-3-2-4-8-16/h2-4,7-8,10-11,13,18H,5-6,9,12H2,1H3,(H,22,24). The number of thiazole rings is 1. The second-order valence-electron chi connectivity index (χ2n) is 6.85. The lowest BCUT2D eigenvalue weighted by Gasteiger charge is -2.33. The molecule has 2 heterocycles. The highest BCUT2D eigenvalue weighted by molar-refractivity contribution is 7.89. The number of fused-ring (bicyclic) bond motifs is 1. The quantitative estimate of drug-likeness (QED) is 0.703. The molecule has 2 aromatic carbocycles. The largest absolute Gasteiger partial charge is 0.325 e. The van der Waals surface area contributed by atoms with E-state index in [1.54, 1.807) is 47.7 Å². The zero-order chi connectivity index (χ0) is 19.7. The van der Waals surface area contributed by atoms with E-state index in [4.69, 9.17) is 0 Å². The van der Waals surface area contributed by atoms with Crippen LogP contribution in [0.25, 0.3) is 10.2 Å². The molecule has 0 aliphatic carbocycles. The highest BCUT2D eigenvalue weighted by atomic mass is 32.2. The molecule has 1 N–H and O–H groups in total. The Balaban J connectivity index is 1.59. The van der Waals surface area contributed by atoms with E-state index in [1.807, 2.05) is 19.1 Å². The maximum atomic E-state index is 13.1. The van der Waals surface area contributed by atoms with Gasteiger partial charge in [-0.05, 0) is 50.1 Å². The van der Waals surface area contributed by atoms with Gasteiger partial charge in [-0.15, -0.1) is 11.3 Å². The molecular formula is C20H21N3O3S2. The van der Waals surface area contributed by atoms with Gasteiger partial charge in [0.25, 0.3) is 0 Å².